The Labute approximate surface area is 167 Å². The van der Waals surface area contributed by atoms with Crippen molar-refractivity contribution in [3.8, 4) is 11.4 Å². The molecule has 0 unspecified atom stereocenters. The largest absolute Gasteiger partial charge is 0.378 e. The molecule has 0 aliphatic rings. The highest BCUT2D eigenvalue weighted by Gasteiger charge is 2.08. The summed E-state index contributed by atoms with van der Waals surface area (Å²) in [6, 6.07) is 14.8. The van der Waals surface area contributed by atoms with E-state index in [4.69, 9.17) is 0 Å². The van der Waals surface area contributed by atoms with Crippen molar-refractivity contribution in [3.63, 3.8) is 0 Å². The van der Waals surface area contributed by atoms with Crippen LogP contribution in [0.5, 0.6) is 0 Å². The van der Waals surface area contributed by atoms with Crippen LogP contribution < -0.4 is 10.6 Å². The van der Waals surface area contributed by atoms with Crippen LogP contribution in [0.1, 0.15) is 21.7 Å². The van der Waals surface area contributed by atoms with Gasteiger partial charge in [0.15, 0.2) is 5.82 Å². The number of aromatic nitrogens is 5. The van der Waals surface area contributed by atoms with Crippen LogP contribution >= 0.6 is 0 Å². The smallest absolute Gasteiger partial charge is 0.251 e. The van der Waals surface area contributed by atoms with Gasteiger partial charge in [-0.1, -0.05) is 6.07 Å². The Hall–Kier alpha value is -4.07. The molecule has 4 rings (SSSR count). The van der Waals surface area contributed by atoms with Crippen molar-refractivity contribution in [2.45, 2.75) is 13.1 Å². The number of aromatic amines is 1. The van der Waals surface area contributed by atoms with E-state index in [0.29, 0.717) is 30.3 Å². The van der Waals surface area contributed by atoms with Crippen LogP contribution in [0.15, 0.2) is 73.3 Å². The molecule has 4 aromatic rings. The van der Waals surface area contributed by atoms with Gasteiger partial charge in [0, 0.05) is 48.1 Å². The lowest BCUT2D eigenvalue weighted by Crippen LogP contribution is -2.22. The molecule has 0 aliphatic heterocycles. The summed E-state index contributed by atoms with van der Waals surface area (Å²) in [5, 5.41) is 13.3. The first kappa shape index (κ1) is 18.3. The van der Waals surface area contributed by atoms with Gasteiger partial charge in [0.2, 0.25) is 0 Å². The maximum Gasteiger partial charge on any atom is 0.251 e. The molecular formula is C21H19N7O. The number of carbonyl (C=O) groups is 1. The molecule has 0 radical (unpaired) electrons. The van der Waals surface area contributed by atoms with Gasteiger partial charge < -0.3 is 10.6 Å². The monoisotopic (exact) mass is 385 g/mol. The summed E-state index contributed by atoms with van der Waals surface area (Å²) in [5.41, 5.74) is 3.30. The molecule has 8 nitrogen and oxygen atoms in total. The van der Waals surface area contributed by atoms with Gasteiger partial charge in [-0.2, -0.15) is 5.10 Å². The third-order valence-electron chi connectivity index (χ3n) is 4.26. The van der Waals surface area contributed by atoms with E-state index in [1.54, 1.807) is 30.9 Å². The van der Waals surface area contributed by atoms with E-state index in [1.165, 1.54) is 0 Å². The van der Waals surface area contributed by atoms with Crippen LogP contribution in [0.25, 0.3) is 11.4 Å². The van der Waals surface area contributed by atoms with E-state index in [2.05, 4.69) is 35.8 Å². The fourth-order valence-electron chi connectivity index (χ4n) is 2.75. The van der Waals surface area contributed by atoms with Gasteiger partial charge in [-0.3, -0.25) is 19.9 Å². The second-order valence-electron chi connectivity index (χ2n) is 6.31. The number of H-pyrrole nitrogens is 1. The standard InChI is InChI=1S/C21H19N7O/c29-21(25-13-15-4-8-22-9-5-15)17-2-1-3-18(12-17)24-14-19-26-20(28-27-19)16-6-10-23-11-7-16/h1-12,24H,13-14H2,(H,25,29)(H,26,27,28). The number of nitrogens with one attached hydrogen (secondary N) is 3. The molecule has 8 heteroatoms. The van der Waals surface area contributed by atoms with E-state index in [9.17, 15) is 4.79 Å². The van der Waals surface area contributed by atoms with E-state index >= 15 is 0 Å². The Kier molecular flexibility index (Phi) is 5.52. The molecule has 144 valence electrons. The molecule has 0 bridgehead atoms. The van der Waals surface area contributed by atoms with Crippen molar-refractivity contribution in [2.24, 2.45) is 0 Å². The van der Waals surface area contributed by atoms with Gasteiger partial charge in [0.25, 0.3) is 5.91 Å². The molecule has 3 aromatic heterocycles. The minimum Gasteiger partial charge on any atom is -0.378 e. The molecule has 3 heterocycles. The van der Waals surface area contributed by atoms with E-state index in [1.807, 2.05) is 42.5 Å². The van der Waals surface area contributed by atoms with Crippen LogP contribution in [-0.4, -0.2) is 31.1 Å². The second kappa shape index (κ2) is 8.75. The maximum atomic E-state index is 12.4. The van der Waals surface area contributed by atoms with Gasteiger partial charge in [-0.25, -0.2) is 4.98 Å². The lowest BCUT2D eigenvalue weighted by molar-refractivity contribution is 0.0951. The number of hydrogen-bond donors (Lipinski definition) is 3. The lowest BCUT2D eigenvalue weighted by Gasteiger charge is -2.08. The normalized spacial score (nSPS) is 10.5. The highest BCUT2D eigenvalue weighted by Crippen LogP contribution is 2.14. The SMILES string of the molecule is O=C(NCc1ccncc1)c1cccc(NCc2nc(-c3ccncc3)n[nH]2)c1. The van der Waals surface area contributed by atoms with Crippen molar-refractivity contribution in [1.29, 1.82) is 0 Å². The first-order chi connectivity index (χ1) is 14.3. The zero-order chi connectivity index (χ0) is 19.9. The summed E-state index contributed by atoms with van der Waals surface area (Å²) in [6.07, 6.45) is 6.81. The molecule has 0 fully saturated rings. The van der Waals surface area contributed by atoms with Crippen LogP contribution in [0.4, 0.5) is 5.69 Å². The molecular weight excluding hydrogens is 366 g/mol. The van der Waals surface area contributed by atoms with Gasteiger partial charge in [-0.05, 0) is 48.0 Å². The third kappa shape index (κ3) is 4.81. The van der Waals surface area contributed by atoms with Gasteiger partial charge in [0.05, 0.1) is 6.54 Å². The number of carbonyl (C=O) groups excluding carboxylic acids is 1. The Morgan fingerprint density at radius 2 is 1.69 bits per heavy atom. The number of rotatable bonds is 7. The summed E-state index contributed by atoms with van der Waals surface area (Å²) >= 11 is 0. The minimum absolute atomic E-state index is 0.134. The summed E-state index contributed by atoms with van der Waals surface area (Å²) in [7, 11) is 0. The Bertz CT molecular complexity index is 1080. The topological polar surface area (TPSA) is 108 Å². The van der Waals surface area contributed by atoms with Crippen molar-refractivity contribution in [1.82, 2.24) is 30.5 Å². The third-order valence-corrected chi connectivity index (χ3v) is 4.26. The summed E-state index contributed by atoms with van der Waals surface area (Å²) in [5.74, 6) is 1.18. The number of pyridine rings is 2. The Morgan fingerprint density at radius 1 is 0.931 bits per heavy atom. The molecule has 0 saturated heterocycles. The number of amides is 1. The van der Waals surface area contributed by atoms with E-state index < -0.39 is 0 Å². The number of nitrogens with zero attached hydrogens (tertiary/aromatic N) is 4. The molecule has 0 atom stereocenters. The van der Waals surface area contributed by atoms with Crippen molar-refractivity contribution < 1.29 is 4.79 Å². The van der Waals surface area contributed by atoms with Crippen LogP contribution in [0.3, 0.4) is 0 Å². The zero-order valence-electron chi connectivity index (χ0n) is 15.5. The number of benzene rings is 1. The fourth-order valence-corrected chi connectivity index (χ4v) is 2.75. The average molecular weight is 385 g/mol. The predicted octanol–water partition coefficient (Wildman–Crippen LogP) is 2.80. The highest BCUT2D eigenvalue weighted by molar-refractivity contribution is 5.95. The lowest BCUT2D eigenvalue weighted by atomic mass is 10.2. The maximum absolute atomic E-state index is 12.4. The summed E-state index contributed by atoms with van der Waals surface area (Å²) in [4.78, 5) is 24.9. The molecule has 0 aliphatic carbocycles. The van der Waals surface area contributed by atoms with E-state index in [-0.39, 0.29) is 5.91 Å². The number of anilines is 1. The first-order valence-corrected chi connectivity index (χ1v) is 9.10. The molecule has 29 heavy (non-hydrogen) atoms. The summed E-state index contributed by atoms with van der Waals surface area (Å²) < 4.78 is 0. The zero-order valence-corrected chi connectivity index (χ0v) is 15.5. The highest BCUT2D eigenvalue weighted by atomic mass is 16.1. The van der Waals surface area contributed by atoms with Crippen LogP contribution in [-0.2, 0) is 13.1 Å². The van der Waals surface area contributed by atoms with E-state index in [0.717, 1.165) is 16.8 Å². The minimum atomic E-state index is -0.134. The van der Waals surface area contributed by atoms with Gasteiger partial charge in [-0.15, -0.1) is 0 Å². The molecule has 0 saturated carbocycles. The Morgan fingerprint density at radius 3 is 2.48 bits per heavy atom. The van der Waals surface area contributed by atoms with Crippen molar-refractivity contribution >= 4 is 11.6 Å². The van der Waals surface area contributed by atoms with Crippen LogP contribution in [0, 0.1) is 0 Å². The molecule has 1 amide bonds. The number of hydrogen-bond acceptors (Lipinski definition) is 6. The first-order valence-electron chi connectivity index (χ1n) is 9.10. The fraction of sp³-hybridized carbons (Fsp3) is 0.0952. The second-order valence-corrected chi connectivity index (χ2v) is 6.31. The molecule has 1 aromatic carbocycles. The van der Waals surface area contributed by atoms with Crippen LogP contribution in [0.2, 0.25) is 0 Å². The average Bonchev–Trinajstić information content (AvgIpc) is 3.27. The summed E-state index contributed by atoms with van der Waals surface area (Å²) in [6.45, 7) is 0.912. The molecule has 3 N–H and O–H groups in total. The molecule has 0 spiro atoms. The van der Waals surface area contributed by atoms with Crippen molar-refractivity contribution in [2.75, 3.05) is 5.32 Å². The van der Waals surface area contributed by atoms with Gasteiger partial charge in [0.1, 0.15) is 5.82 Å². The predicted molar refractivity (Wildman–Crippen MR) is 109 cm³/mol. The van der Waals surface area contributed by atoms with Crippen molar-refractivity contribution in [3.05, 3.63) is 90.3 Å². The Balaban J connectivity index is 1.35. The van der Waals surface area contributed by atoms with Gasteiger partial charge >= 0.3 is 0 Å². The quantitative estimate of drug-likeness (QED) is 0.451.